The van der Waals surface area contributed by atoms with Crippen molar-refractivity contribution in [3.63, 3.8) is 0 Å². The maximum Gasteiger partial charge on any atom is 0.406 e. The van der Waals surface area contributed by atoms with Gasteiger partial charge in [0.2, 0.25) is 0 Å². The molecule has 0 atom stereocenters. The van der Waals surface area contributed by atoms with Gasteiger partial charge in [-0.25, -0.2) is 4.79 Å². The van der Waals surface area contributed by atoms with E-state index in [2.05, 4.69) is 10.1 Å². The molecule has 0 radical (unpaired) electrons. The van der Waals surface area contributed by atoms with E-state index in [0.717, 1.165) is 16.9 Å². The number of aryl methyl sites for hydroxylation is 2. The van der Waals surface area contributed by atoms with Gasteiger partial charge in [0.25, 0.3) is 0 Å². The lowest BCUT2D eigenvalue weighted by Crippen LogP contribution is -2.27. The summed E-state index contributed by atoms with van der Waals surface area (Å²) in [5.74, 6) is 0.883. The molecule has 0 bridgehead atoms. The van der Waals surface area contributed by atoms with Crippen LogP contribution in [0.5, 0.6) is 5.75 Å². The Kier molecular flexibility index (Phi) is 4.64. The first-order chi connectivity index (χ1) is 7.65. The Morgan fingerprint density at radius 2 is 1.94 bits per heavy atom. The summed E-state index contributed by atoms with van der Waals surface area (Å²) in [4.78, 5) is 10.8. The van der Waals surface area contributed by atoms with E-state index in [4.69, 9.17) is 4.74 Å². The van der Waals surface area contributed by atoms with Gasteiger partial charge in [-0.1, -0.05) is 18.2 Å². The molecule has 4 heteroatoms. The van der Waals surface area contributed by atoms with E-state index in [0.29, 0.717) is 13.2 Å². The highest BCUT2D eigenvalue weighted by Gasteiger charge is 2.03. The zero-order chi connectivity index (χ0) is 12.0. The maximum atomic E-state index is 10.8. The van der Waals surface area contributed by atoms with Gasteiger partial charge in [-0.2, -0.15) is 0 Å². The van der Waals surface area contributed by atoms with Crippen LogP contribution in [0.3, 0.4) is 0 Å². The van der Waals surface area contributed by atoms with Gasteiger partial charge in [0, 0.05) is 0 Å². The molecule has 0 spiro atoms. The average molecular weight is 223 g/mol. The van der Waals surface area contributed by atoms with E-state index in [1.807, 2.05) is 32.0 Å². The highest BCUT2D eigenvalue weighted by molar-refractivity contribution is 5.66. The number of para-hydroxylation sites is 1. The van der Waals surface area contributed by atoms with E-state index in [1.165, 1.54) is 7.11 Å². The average Bonchev–Trinajstić information content (AvgIpc) is 2.27. The van der Waals surface area contributed by atoms with Crippen LogP contribution in [0.2, 0.25) is 0 Å². The standard InChI is InChI=1S/C12H17NO3/c1-9-5-4-6-10(2)11(9)16-8-7-13-12(14)15-3/h4-6H,7-8H2,1-3H3,(H,13,14). The van der Waals surface area contributed by atoms with E-state index >= 15 is 0 Å². The highest BCUT2D eigenvalue weighted by Crippen LogP contribution is 2.21. The van der Waals surface area contributed by atoms with Crippen molar-refractivity contribution in [2.75, 3.05) is 20.3 Å². The molecule has 0 aliphatic carbocycles. The summed E-state index contributed by atoms with van der Waals surface area (Å²) in [6.45, 7) is 4.85. The molecular formula is C12H17NO3. The summed E-state index contributed by atoms with van der Waals surface area (Å²) in [6, 6.07) is 5.98. The molecule has 0 aromatic heterocycles. The van der Waals surface area contributed by atoms with Crippen molar-refractivity contribution in [2.45, 2.75) is 13.8 Å². The van der Waals surface area contributed by atoms with Crippen molar-refractivity contribution in [3.8, 4) is 5.75 Å². The second-order valence-electron chi connectivity index (χ2n) is 3.49. The number of hydrogen-bond donors (Lipinski definition) is 1. The first-order valence-corrected chi connectivity index (χ1v) is 5.16. The minimum atomic E-state index is -0.440. The third-order valence-corrected chi connectivity index (χ3v) is 2.21. The predicted octanol–water partition coefficient (Wildman–Crippen LogP) is 2.04. The maximum absolute atomic E-state index is 10.8. The van der Waals surface area contributed by atoms with E-state index in [9.17, 15) is 4.79 Å². The molecule has 1 amide bonds. The van der Waals surface area contributed by atoms with Crippen LogP contribution in [0.4, 0.5) is 4.79 Å². The van der Waals surface area contributed by atoms with Crippen LogP contribution < -0.4 is 10.1 Å². The number of ether oxygens (including phenoxy) is 2. The molecule has 0 heterocycles. The zero-order valence-corrected chi connectivity index (χ0v) is 9.87. The molecule has 0 saturated carbocycles. The summed E-state index contributed by atoms with van der Waals surface area (Å²) in [5, 5.41) is 2.56. The van der Waals surface area contributed by atoms with Crippen LogP contribution in [0.25, 0.3) is 0 Å². The molecule has 0 fully saturated rings. The molecule has 0 aliphatic heterocycles. The second-order valence-corrected chi connectivity index (χ2v) is 3.49. The summed E-state index contributed by atoms with van der Waals surface area (Å²) in [7, 11) is 1.34. The van der Waals surface area contributed by atoms with E-state index in [-0.39, 0.29) is 0 Å². The number of carbonyl (C=O) groups is 1. The van der Waals surface area contributed by atoms with Gasteiger partial charge in [-0.3, -0.25) is 0 Å². The number of benzene rings is 1. The van der Waals surface area contributed by atoms with E-state index in [1.54, 1.807) is 0 Å². The summed E-state index contributed by atoms with van der Waals surface area (Å²) in [6.07, 6.45) is -0.440. The van der Waals surface area contributed by atoms with Crippen molar-refractivity contribution >= 4 is 6.09 Å². The molecule has 1 N–H and O–H groups in total. The van der Waals surface area contributed by atoms with Gasteiger partial charge in [0.1, 0.15) is 12.4 Å². The van der Waals surface area contributed by atoms with Crippen molar-refractivity contribution in [2.24, 2.45) is 0 Å². The molecule has 16 heavy (non-hydrogen) atoms. The first kappa shape index (κ1) is 12.4. The molecule has 88 valence electrons. The fraction of sp³-hybridized carbons (Fsp3) is 0.417. The topological polar surface area (TPSA) is 47.6 Å². The van der Waals surface area contributed by atoms with Crippen LogP contribution in [0, 0.1) is 13.8 Å². The summed E-state index contributed by atoms with van der Waals surface area (Å²) < 4.78 is 10.0. The van der Waals surface area contributed by atoms with Gasteiger partial charge < -0.3 is 14.8 Å². The number of rotatable bonds is 4. The predicted molar refractivity (Wildman–Crippen MR) is 61.8 cm³/mol. The largest absolute Gasteiger partial charge is 0.491 e. The molecule has 0 aliphatic rings. The minimum Gasteiger partial charge on any atom is -0.491 e. The Labute approximate surface area is 95.6 Å². The number of hydrogen-bond acceptors (Lipinski definition) is 3. The lowest BCUT2D eigenvalue weighted by atomic mass is 10.1. The Bertz CT molecular complexity index is 343. The third kappa shape index (κ3) is 3.46. The SMILES string of the molecule is COC(=O)NCCOc1c(C)cccc1C. The zero-order valence-electron chi connectivity index (χ0n) is 9.87. The summed E-state index contributed by atoms with van der Waals surface area (Å²) in [5.41, 5.74) is 2.19. The van der Waals surface area contributed by atoms with Gasteiger partial charge in [0.15, 0.2) is 0 Å². The van der Waals surface area contributed by atoms with Gasteiger partial charge in [-0.05, 0) is 25.0 Å². The quantitative estimate of drug-likeness (QED) is 0.794. The number of alkyl carbamates (subject to hydrolysis) is 1. The lowest BCUT2D eigenvalue weighted by molar-refractivity contribution is 0.168. The number of nitrogens with one attached hydrogen (secondary N) is 1. The van der Waals surface area contributed by atoms with Crippen molar-refractivity contribution in [3.05, 3.63) is 29.3 Å². The smallest absolute Gasteiger partial charge is 0.406 e. The second kappa shape index (κ2) is 6.00. The molecule has 0 unspecified atom stereocenters. The molecule has 1 rings (SSSR count). The van der Waals surface area contributed by atoms with Crippen molar-refractivity contribution in [1.29, 1.82) is 0 Å². The van der Waals surface area contributed by atoms with E-state index < -0.39 is 6.09 Å². The van der Waals surface area contributed by atoms with Crippen molar-refractivity contribution < 1.29 is 14.3 Å². The van der Waals surface area contributed by atoms with Crippen LogP contribution in [-0.4, -0.2) is 26.4 Å². The molecule has 0 saturated heterocycles. The Morgan fingerprint density at radius 1 is 1.31 bits per heavy atom. The number of methoxy groups -OCH3 is 1. The minimum absolute atomic E-state index is 0.431. The lowest BCUT2D eigenvalue weighted by Gasteiger charge is -2.11. The fourth-order valence-electron chi connectivity index (χ4n) is 1.41. The Hall–Kier alpha value is -1.71. The normalized spacial score (nSPS) is 9.69. The Morgan fingerprint density at radius 3 is 2.50 bits per heavy atom. The van der Waals surface area contributed by atoms with Gasteiger partial charge >= 0.3 is 6.09 Å². The number of amides is 1. The fourth-order valence-corrected chi connectivity index (χ4v) is 1.41. The monoisotopic (exact) mass is 223 g/mol. The molecule has 4 nitrogen and oxygen atoms in total. The number of carbonyl (C=O) groups excluding carboxylic acids is 1. The van der Waals surface area contributed by atoms with Gasteiger partial charge in [-0.15, -0.1) is 0 Å². The van der Waals surface area contributed by atoms with Crippen molar-refractivity contribution in [1.82, 2.24) is 5.32 Å². The van der Waals surface area contributed by atoms with Crippen LogP contribution in [0.1, 0.15) is 11.1 Å². The molecule has 1 aromatic rings. The Balaban J connectivity index is 2.40. The van der Waals surface area contributed by atoms with Gasteiger partial charge in [0.05, 0.1) is 13.7 Å². The molecule has 1 aromatic carbocycles. The first-order valence-electron chi connectivity index (χ1n) is 5.16. The summed E-state index contributed by atoms with van der Waals surface area (Å²) >= 11 is 0. The van der Waals surface area contributed by atoms with Crippen LogP contribution >= 0.6 is 0 Å². The third-order valence-electron chi connectivity index (χ3n) is 2.21. The van der Waals surface area contributed by atoms with Crippen LogP contribution in [-0.2, 0) is 4.74 Å². The highest BCUT2D eigenvalue weighted by atomic mass is 16.5. The molecular weight excluding hydrogens is 206 g/mol. The van der Waals surface area contributed by atoms with Crippen LogP contribution in [0.15, 0.2) is 18.2 Å².